The zero-order valence-electron chi connectivity index (χ0n) is 7.98. The molecule has 2 atom stereocenters. The molecule has 0 spiro atoms. The largest absolute Gasteiger partial charge is 0.316 e. The molecule has 0 amide bonds. The van der Waals surface area contributed by atoms with Gasteiger partial charge in [0.1, 0.15) is 5.78 Å². The number of hydrogen-bond donors (Lipinski definition) is 1. The standard InChI is InChI=1S/C9H19NO/c1-5-7(2)9(10-4)6-8(3)11/h7,9-10H,5-6H2,1-4H3/t7-,9?/m0/s1. The molecule has 1 unspecified atom stereocenters. The minimum Gasteiger partial charge on any atom is -0.316 e. The van der Waals surface area contributed by atoms with E-state index in [-0.39, 0.29) is 5.78 Å². The van der Waals surface area contributed by atoms with Gasteiger partial charge in [-0.3, -0.25) is 4.79 Å². The van der Waals surface area contributed by atoms with Crippen LogP contribution in [0.1, 0.15) is 33.6 Å². The molecule has 0 saturated carbocycles. The maximum absolute atomic E-state index is 10.8. The molecule has 0 heterocycles. The zero-order chi connectivity index (χ0) is 8.85. The number of ketones is 1. The van der Waals surface area contributed by atoms with Gasteiger partial charge in [0, 0.05) is 12.5 Å². The summed E-state index contributed by atoms with van der Waals surface area (Å²) < 4.78 is 0. The summed E-state index contributed by atoms with van der Waals surface area (Å²) in [6.45, 7) is 5.96. The van der Waals surface area contributed by atoms with Crippen molar-refractivity contribution in [3.8, 4) is 0 Å². The fourth-order valence-electron chi connectivity index (χ4n) is 1.18. The molecule has 0 saturated heterocycles. The first-order valence-electron chi connectivity index (χ1n) is 4.28. The van der Waals surface area contributed by atoms with E-state index in [1.807, 2.05) is 7.05 Å². The van der Waals surface area contributed by atoms with Crippen molar-refractivity contribution in [3.05, 3.63) is 0 Å². The van der Waals surface area contributed by atoms with Crippen LogP contribution in [0.2, 0.25) is 0 Å². The van der Waals surface area contributed by atoms with Gasteiger partial charge in [-0.15, -0.1) is 0 Å². The summed E-state index contributed by atoms with van der Waals surface area (Å²) in [5, 5.41) is 3.16. The highest BCUT2D eigenvalue weighted by atomic mass is 16.1. The van der Waals surface area contributed by atoms with E-state index >= 15 is 0 Å². The molecule has 0 aliphatic heterocycles. The smallest absolute Gasteiger partial charge is 0.131 e. The Morgan fingerprint density at radius 2 is 2.09 bits per heavy atom. The monoisotopic (exact) mass is 157 g/mol. The Morgan fingerprint density at radius 1 is 1.55 bits per heavy atom. The minimum atomic E-state index is 0.268. The van der Waals surface area contributed by atoms with Crippen molar-refractivity contribution < 1.29 is 4.79 Å². The van der Waals surface area contributed by atoms with Gasteiger partial charge in [-0.25, -0.2) is 0 Å². The number of carbonyl (C=O) groups is 1. The average molecular weight is 157 g/mol. The third-order valence-electron chi connectivity index (χ3n) is 2.21. The molecule has 0 radical (unpaired) electrons. The van der Waals surface area contributed by atoms with Crippen LogP contribution in [0.25, 0.3) is 0 Å². The molecule has 0 rings (SSSR count). The van der Waals surface area contributed by atoms with Crippen LogP contribution in [0, 0.1) is 5.92 Å². The van der Waals surface area contributed by atoms with E-state index in [2.05, 4.69) is 19.2 Å². The van der Waals surface area contributed by atoms with Crippen molar-refractivity contribution in [1.29, 1.82) is 0 Å². The number of Topliss-reactive ketones (excluding diaryl/α,β-unsaturated/α-hetero) is 1. The van der Waals surface area contributed by atoms with Gasteiger partial charge >= 0.3 is 0 Å². The Hall–Kier alpha value is -0.370. The molecule has 66 valence electrons. The number of hydrogen-bond acceptors (Lipinski definition) is 2. The van der Waals surface area contributed by atoms with Gasteiger partial charge in [0.25, 0.3) is 0 Å². The van der Waals surface area contributed by atoms with Gasteiger partial charge in [0.05, 0.1) is 0 Å². The summed E-state index contributed by atoms with van der Waals surface area (Å²) in [6.07, 6.45) is 1.78. The van der Waals surface area contributed by atoms with E-state index in [0.29, 0.717) is 18.4 Å². The molecule has 1 N–H and O–H groups in total. The van der Waals surface area contributed by atoms with Gasteiger partial charge in [0.2, 0.25) is 0 Å². The van der Waals surface area contributed by atoms with E-state index in [1.54, 1.807) is 6.92 Å². The highest BCUT2D eigenvalue weighted by Crippen LogP contribution is 2.10. The summed E-state index contributed by atoms with van der Waals surface area (Å²) in [4.78, 5) is 10.8. The van der Waals surface area contributed by atoms with E-state index in [9.17, 15) is 4.79 Å². The Kier molecular flexibility index (Phi) is 5.12. The molecule has 0 aliphatic rings. The Bertz CT molecular complexity index is 123. The van der Waals surface area contributed by atoms with Crippen molar-refractivity contribution in [2.45, 2.75) is 39.7 Å². The maximum Gasteiger partial charge on any atom is 0.131 e. The van der Waals surface area contributed by atoms with Gasteiger partial charge in [-0.2, -0.15) is 0 Å². The fraction of sp³-hybridized carbons (Fsp3) is 0.889. The lowest BCUT2D eigenvalue weighted by molar-refractivity contribution is -0.117. The first-order chi connectivity index (χ1) is 5.11. The lowest BCUT2D eigenvalue weighted by atomic mass is 9.95. The van der Waals surface area contributed by atoms with Crippen molar-refractivity contribution >= 4 is 5.78 Å². The molecule has 11 heavy (non-hydrogen) atoms. The highest BCUT2D eigenvalue weighted by molar-refractivity contribution is 5.76. The average Bonchev–Trinajstić information content (AvgIpc) is 1.98. The van der Waals surface area contributed by atoms with Gasteiger partial charge < -0.3 is 5.32 Å². The molecule has 2 heteroatoms. The Morgan fingerprint density at radius 3 is 2.36 bits per heavy atom. The summed E-state index contributed by atoms with van der Waals surface area (Å²) in [5.41, 5.74) is 0. The molecule has 0 aromatic heterocycles. The van der Waals surface area contributed by atoms with Crippen molar-refractivity contribution in [2.75, 3.05) is 7.05 Å². The molecular weight excluding hydrogens is 138 g/mol. The van der Waals surface area contributed by atoms with E-state index in [4.69, 9.17) is 0 Å². The summed E-state index contributed by atoms with van der Waals surface area (Å²) in [6, 6.07) is 0.359. The van der Waals surface area contributed by atoms with E-state index in [0.717, 1.165) is 6.42 Å². The second-order valence-corrected chi connectivity index (χ2v) is 3.19. The molecule has 0 aliphatic carbocycles. The minimum absolute atomic E-state index is 0.268. The van der Waals surface area contributed by atoms with Crippen LogP contribution in [0.3, 0.4) is 0 Å². The normalized spacial score (nSPS) is 16.0. The van der Waals surface area contributed by atoms with Gasteiger partial charge in [-0.1, -0.05) is 20.3 Å². The summed E-state index contributed by atoms with van der Waals surface area (Å²) >= 11 is 0. The number of nitrogens with one attached hydrogen (secondary N) is 1. The van der Waals surface area contributed by atoms with Gasteiger partial charge in [-0.05, 0) is 19.9 Å². The second kappa shape index (κ2) is 5.30. The lowest BCUT2D eigenvalue weighted by Crippen LogP contribution is -2.33. The maximum atomic E-state index is 10.8. The van der Waals surface area contributed by atoms with Gasteiger partial charge in [0.15, 0.2) is 0 Å². The van der Waals surface area contributed by atoms with Crippen LogP contribution in [0.4, 0.5) is 0 Å². The molecule has 0 fully saturated rings. The van der Waals surface area contributed by atoms with Crippen molar-refractivity contribution in [3.63, 3.8) is 0 Å². The molecule has 0 aromatic rings. The lowest BCUT2D eigenvalue weighted by Gasteiger charge is -2.20. The van der Waals surface area contributed by atoms with Crippen LogP contribution in [-0.4, -0.2) is 18.9 Å². The molecule has 0 aromatic carbocycles. The van der Waals surface area contributed by atoms with E-state index < -0.39 is 0 Å². The van der Waals surface area contributed by atoms with Crippen LogP contribution in [0.5, 0.6) is 0 Å². The third kappa shape index (κ3) is 4.14. The van der Waals surface area contributed by atoms with Crippen LogP contribution in [-0.2, 0) is 4.79 Å². The van der Waals surface area contributed by atoms with Crippen LogP contribution >= 0.6 is 0 Å². The number of carbonyl (C=O) groups excluding carboxylic acids is 1. The fourth-order valence-corrected chi connectivity index (χ4v) is 1.18. The second-order valence-electron chi connectivity index (χ2n) is 3.19. The van der Waals surface area contributed by atoms with Crippen LogP contribution < -0.4 is 5.32 Å². The summed E-state index contributed by atoms with van der Waals surface area (Å²) in [5.74, 6) is 0.855. The van der Waals surface area contributed by atoms with Crippen molar-refractivity contribution in [1.82, 2.24) is 5.32 Å². The Balaban J connectivity index is 3.84. The predicted octanol–water partition coefficient (Wildman–Crippen LogP) is 1.60. The molecule has 0 bridgehead atoms. The zero-order valence-corrected chi connectivity index (χ0v) is 7.98. The Labute approximate surface area is 69.4 Å². The molecule has 2 nitrogen and oxygen atoms in total. The first kappa shape index (κ1) is 10.6. The van der Waals surface area contributed by atoms with Crippen molar-refractivity contribution in [2.24, 2.45) is 5.92 Å². The highest BCUT2D eigenvalue weighted by Gasteiger charge is 2.14. The summed E-state index contributed by atoms with van der Waals surface area (Å²) in [7, 11) is 1.92. The SMILES string of the molecule is CC[C@H](C)C(CC(C)=O)NC. The topological polar surface area (TPSA) is 29.1 Å². The van der Waals surface area contributed by atoms with E-state index in [1.165, 1.54) is 0 Å². The number of rotatable bonds is 5. The quantitative estimate of drug-likeness (QED) is 0.656. The van der Waals surface area contributed by atoms with Crippen LogP contribution in [0.15, 0.2) is 0 Å². The predicted molar refractivity (Wildman–Crippen MR) is 47.6 cm³/mol. The molecular formula is C9H19NO. The third-order valence-corrected chi connectivity index (χ3v) is 2.21. The first-order valence-corrected chi connectivity index (χ1v) is 4.28.